The average Bonchev–Trinajstić information content (AvgIpc) is 3.04. The van der Waals surface area contributed by atoms with Gasteiger partial charge in [0.2, 0.25) is 0 Å². The Bertz CT molecular complexity index is 511. The maximum Gasteiger partial charge on any atom is 0.392 e. The molecule has 2 rings (SSSR count). The zero-order valence-electron chi connectivity index (χ0n) is 8.69. The highest BCUT2D eigenvalue weighted by atomic mass is 35.5. The third kappa shape index (κ3) is 2.21. The van der Waals surface area contributed by atoms with E-state index in [1.54, 1.807) is 0 Å². The van der Waals surface area contributed by atoms with Crippen molar-refractivity contribution in [2.24, 2.45) is 11.8 Å². The summed E-state index contributed by atoms with van der Waals surface area (Å²) in [5.74, 6) is -6.39. The maximum atomic E-state index is 13.5. The maximum absolute atomic E-state index is 13.5. The van der Waals surface area contributed by atoms with E-state index in [0.29, 0.717) is 0 Å². The monoisotopic (exact) mass is 284 g/mol. The van der Waals surface area contributed by atoms with E-state index in [-0.39, 0.29) is 6.42 Å². The quantitative estimate of drug-likeness (QED) is 0.456. The lowest BCUT2D eigenvalue weighted by Gasteiger charge is -2.06. The fourth-order valence-corrected chi connectivity index (χ4v) is 1.93. The minimum absolute atomic E-state index is 0.364. The minimum Gasteiger partial charge on any atom is -0.294 e. The zero-order chi connectivity index (χ0) is 13.7. The molecule has 1 aliphatic carbocycles. The van der Waals surface area contributed by atoms with Gasteiger partial charge >= 0.3 is 6.18 Å². The normalized spacial score (nSPS) is 23.0. The van der Waals surface area contributed by atoms with Gasteiger partial charge in [-0.1, -0.05) is 11.6 Å². The number of hydrogen-bond donors (Lipinski definition) is 0. The third-order valence-corrected chi connectivity index (χ3v) is 3.19. The van der Waals surface area contributed by atoms with E-state index >= 15 is 0 Å². The van der Waals surface area contributed by atoms with Crippen LogP contribution >= 0.6 is 11.6 Å². The van der Waals surface area contributed by atoms with Crippen molar-refractivity contribution in [2.45, 2.75) is 12.6 Å². The van der Waals surface area contributed by atoms with E-state index in [0.717, 1.165) is 12.1 Å². The number of carbonyl (C=O) groups excluding carboxylic acids is 1. The Balaban J connectivity index is 2.25. The highest BCUT2D eigenvalue weighted by Crippen LogP contribution is 2.51. The second-order valence-corrected chi connectivity index (χ2v) is 4.46. The molecule has 98 valence electrons. The predicted octanol–water partition coefficient (Wildman–Crippen LogP) is 4.00. The van der Waals surface area contributed by atoms with E-state index < -0.39 is 46.0 Å². The molecule has 0 radical (unpaired) electrons. The Morgan fingerprint density at radius 2 is 1.89 bits per heavy atom. The second-order valence-electron chi connectivity index (χ2n) is 4.08. The Morgan fingerprint density at radius 3 is 2.39 bits per heavy atom. The molecule has 0 aliphatic heterocycles. The van der Waals surface area contributed by atoms with Gasteiger partial charge in [-0.05, 0) is 18.6 Å². The van der Waals surface area contributed by atoms with Gasteiger partial charge < -0.3 is 0 Å². The van der Waals surface area contributed by atoms with Gasteiger partial charge in [0.15, 0.2) is 11.6 Å². The molecule has 0 N–H and O–H groups in total. The number of benzene rings is 1. The van der Waals surface area contributed by atoms with Crippen LogP contribution in [0.25, 0.3) is 0 Å². The van der Waals surface area contributed by atoms with Crippen LogP contribution in [-0.2, 0) is 0 Å². The van der Waals surface area contributed by atoms with Crippen LogP contribution < -0.4 is 0 Å². The van der Waals surface area contributed by atoms with Gasteiger partial charge in [0.05, 0.1) is 11.5 Å². The molecule has 0 aromatic heterocycles. The van der Waals surface area contributed by atoms with Crippen LogP contribution in [-0.4, -0.2) is 12.0 Å². The van der Waals surface area contributed by atoms with Gasteiger partial charge in [0.1, 0.15) is 10.8 Å². The summed E-state index contributed by atoms with van der Waals surface area (Å²) in [7, 11) is 0. The Morgan fingerprint density at radius 1 is 1.28 bits per heavy atom. The molecule has 1 fully saturated rings. The van der Waals surface area contributed by atoms with E-state index in [9.17, 15) is 26.7 Å². The SMILES string of the molecule is O=C(c1ccc(F)c(Cl)c1F)[C@@H]1C[C@H]1C(F)(F)F. The van der Waals surface area contributed by atoms with Gasteiger partial charge in [0.25, 0.3) is 0 Å². The second kappa shape index (κ2) is 4.19. The van der Waals surface area contributed by atoms with Crippen molar-refractivity contribution in [3.05, 3.63) is 34.4 Å². The minimum atomic E-state index is -4.47. The summed E-state index contributed by atoms with van der Waals surface area (Å²) < 4.78 is 63.1. The summed E-state index contributed by atoms with van der Waals surface area (Å²) in [4.78, 5) is 11.6. The van der Waals surface area contributed by atoms with Crippen LogP contribution in [0.15, 0.2) is 12.1 Å². The number of ketones is 1. The van der Waals surface area contributed by atoms with Gasteiger partial charge in [-0.2, -0.15) is 13.2 Å². The van der Waals surface area contributed by atoms with Crippen LogP contribution in [0.2, 0.25) is 5.02 Å². The first-order chi connectivity index (χ1) is 8.23. The van der Waals surface area contributed by atoms with E-state index in [2.05, 4.69) is 0 Å². The summed E-state index contributed by atoms with van der Waals surface area (Å²) >= 11 is 5.25. The highest BCUT2D eigenvalue weighted by Gasteiger charge is 2.59. The molecular formula is C11H6ClF5O. The standard InChI is InChI=1S/C11H6ClF5O/c12-8-7(13)2-1-4(9(8)14)10(18)5-3-6(5)11(15,16)17/h1-2,5-6H,3H2/t5-,6-/m1/s1. The van der Waals surface area contributed by atoms with Crippen LogP contribution in [0, 0.1) is 23.5 Å². The Kier molecular flexibility index (Phi) is 3.09. The zero-order valence-corrected chi connectivity index (χ0v) is 9.45. The molecule has 2 atom stereocenters. The van der Waals surface area contributed by atoms with Crippen LogP contribution in [0.1, 0.15) is 16.8 Å². The molecule has 0 spiro atoms. The molecule has 1 aromatic rings. The lowest BCUT2D eigenvalue weighted by molar-refractivity contribution is -0.149. The molecule has 1 aliphatic rings. The topological polar surface area (TPSA) is 17.1 Å². The summed E-state index contributed by atoms with van der Waals surface area (Å²) in [5, 5.41) is -0.884. The van der Waals surface area contributed by atoms with E-state index in [4.69, 9.17) is 11.6 Å². The lowest BCUT2D eigenvalue weighted by Crippen LogP contribution is -2.16. The molecule has 1 saturated carbocycles. The summed E-state index contributed by atoms with van der Waals surface area (Å²) in [5.41, 5.74) is -0.599. The Labute approximate surface area is 104 Å². The fraction of sp³-hybridized carbons (Fsp3) is 0.364. The molecule has 0 amide bonds. The van der Waals surface area contributed by atoms with Gasteiger partial charge in [-0.3, -0.25) is 4.79 Å². The number of Topliss-reactive ketones (excluding diaryl/α,β-unsaturated/α-hetero) is 1. The molecule has 0 unspecified atom stereocenters. The number of halogens is 6. The van der Waals surface area contributed by atoms with Crippen molar-refractivity contribution < 1.29 is 26.7 Å². The number of rotatable bonds is 2. The lowest BCUT2D eigenvalue weighted by atomic mass is 10.1. The largest absolute Gasteiger partial charge is 0.392 e. The van der Waals surface area contributed by atoms with E-state index in [1.807, 2.05) is 0 Å². The average molecular weight is 285 g/mol. The first-order valence-corrected chi connectivity index (χ1v) is 5.35. The smallest absolute Gasteiger partial charge is 0.294 e. The number of alkyl halides is 3. The van der Waals surface area contributed by atoms with Crippen molar-refractivity contribution in [2.75, 3.05) is 0 Å². The molecule has 1 aromatic carbocycles. The van der Waals surface area contributed by atoms with Crippen LogP contribution in [0.5, 0.6) is 0 Å². The summed E-state index contributed by atoms with van der Waals surface area (Å²) in [6.45, 7) is 0. The van der Waals surface area contributed by atoms with Crippen molar-refractivity contribution in [1.29, 1.82) is 0 Å². The van der Waals surface area contributed by atoms with E-state index in [1.165, 1.54) is 0 Å². The molecule has 0 heterocycles. The third-order valence-electron chi connectivity index (χ3n) is 2.85. The fourth-order valence-electron chi connectivity index (χ4n) is 1.76. The molecule has 1 nitrogen and oxygen atoms in total. The molecule has 7 heteroatoms. The van der Waals surface area contributed by atoms with Crippen molar-refractivity contribution >= 4 is 17.4 Å². The van der Waals surface area contributed by atoms with Gasteiger partial charge in [-0.15, -0.1) is 0 Å². The van der Waals surface area contributed by atoms with Crippen LogP contribution in [0.4, 0.5) is 22.0 Å². The number of hydrogen-bond acceptors (Lipinski definition) is 1. The molecule has 0 bridgehead atoms. The van der Waals surface area contributed by atoms with Crippen LogP contribution in [0.3, 0.4) is 0 Å². The van der Waals surface area contributed by atoms with Crippen molar-refractivity contribution in [3.63, 3.8) is 0 Å². The van der Waals surface area contributed by atoms with Crippen molar-refractivity contribution in [3.8, 4) is 0 Å². The summed E-state index contributed by atoms with van der Waals surface area (Å²) in [6, 6.07) is 1.56. The van der Waals surface area contributed by atoms with Crippen molar-refractivity contribution in [1.82, 2.24) is 0 Å². The molecule has 18 heavy (non-hydrogen) atoms. The Hall–Kier alpha value is -1.17. The molecular weight excluding hydrogens is 279 g/mol. The first kappa shape index (κ1) is 13.3. The highest BCUT2D eigenvalue weighted by molar-refractivity contribution is 6.31. The molecule has 0 saturated heterocycles. The summed E-state index contributed by atoms with van der Waals surface area (Å²) in [6.07, 6.45) is -4.84. The van der Waals surface area contributed by atoms with Gasteiger partial charge in [-0.25, -0.2) is 8.78 Å². The first-order valence-electron chi connectivity index (χ1n) is 4.98. The predicted molar refractivity (Wildman–Crippen MR) is 53.4 cm³/mol. The van der Waals surface area contributed by atoms with Gasteiger partial charge in [0, 0.05) is 5.92 Å². The number of carbonyl (C=O) groups is 1.